The van der Waals surface area contributed by atoms with E-state index in [9.17, 15) is 14.4 Å². The minimum absolute atomic E-state index is 0.146. The number of fused-ring (bicyclic) bond motifs is 1. The third-order valence-corrected chi connectivity index (χ3v) is 4.78. The van der Waals surface area contributed by atoms with E-state index in [0.29, 0.717) is 46.3 Å². The van der Waals surface area contributed by atoms with Gasteiger partial charge in [0, 0.05) is 47.7 Å². The van der Waals surface area contributed by atoms with E-state index in [1.54, 1.807) is 31.2 Å². The molecule has 0 fully saturated rings. The second-order valence-corrected chi connectivity index (χ2v) is 7.04. The van der Waals surface area contributed by atoms with Gasteiger partial charge in [-0.15, -0.1) is 0 Å². The zero-order chi connectivity index (χ0) is 20.4. The van der Waals surface area contributed by atoms with E-state index >= 15 is 0 Å². The molecule has 0 atom stereocenters. The van der Waals surface area contributed by atoms with Crippen LogP contribution in [0.1, 0.15) is 39.8 Å². The van der Waals surface area contributed by atoms with Crippen molar-refractivity contribution in [2.24, 2.45) is 0 Å². The van der Waals surface area contributed by atoms with E-state index in [-0.39, 0.29) is 17.7 Å². The van der Waals surface area contributed by atoms with Crippen molar-refractivity contribution >= 4 is 46.7 Å². The van der Waals surface area contributed by atoms with Crippen molar-refractivity contribution in [3.05, 3.63) is 51.3 Å². The normalized spacial score (nSPS) is 14.0. The first kappa shape index (κ1) is 19.7. The van der Waals surface area contributed by atoms with Crippen molar-refractivity contribution in [3.63, 3.8) is 0 Å². The van der Waals surface area contributed by atoms with Crippen LogP contribution in [-0.4, -0.2) is 35.8 Å². The lowest BCUT2D eigenvalue weighted by molar-refractivity contribution is -0.119. The second-order valence-electron chi connectivity index (χ2n) is 6.60. The smallest absolute Gasteiger partial charge is 0.256 e. The van der Waals surface area contributed by atoms with E-state index in [4.69, 9.17) is 11.6 Å². The van der Waals surface area contributed by atoms with Crippen molar-refractivity contribution < 1.29 is 14.4 Å². The topological polar surface area (TPSA) is 103 Å². The summed E-state index contributed by atoms with van der Waals surface area (Å²) >= 11 is 6.07. The number of aryl methyl sites for hydroxylation is 1. The highest BCUT2D eigenvalue weighted by molar-refractivity contribution is 6.36. The number of anilines is 1. The lowest BCUT2D eigenvalue weighted by Gasteiger charge is -2.06. The highest BCUT2D eigenvalue weighted by Crippen LogP contribution is 2.35. The van der Waals surface area contributed by atoms with Gasteiger partial charge >= 0.3 is 0 Å². The molecule has 0 saturated carbocycles. The molecule has 1 aliphatic rings. The van der Waals surface area contributed by atoms with Crippen molar-refractivity contribution in [3.8, 4) is 0 Å². The molecule has 2 heterocycles. The Bertz CT molecular complexity index is 1010. The highest BCUT2D eigenvalue weighted by atomic mass is 35.5. The standard InChI is InChI=1S/C20H21ClN4O3/c1-10-17(9-15-14-8-13(21)4-5-16(14)25-19(15)27)24-11(2)18(10)20(28)23-7-6-22-12(3)26/h4-5,8-9,24H,6-7H2,1-3H3,(H,22,26)(H,23,28)(H,25,27)/b15-9-. The van der Waals surface area contributed by atoms with Gasteiger partial charge in [-0.3, -0.25) is 14.4 Å². The Hall–Kier alpha value is -3.06. The molecule has 28 heavy (non-hydrogen) atoms. The van der Waals surface area contributed by atoms with Crippen LogP contribution in [0.25, 0.3) is 11.6 Å². The van der Waals surface area contributed by atoms with E-state index in [0.717, 1.165) is 11.1 Å². The number of halogens is 1. The molecule has 0 spiro atoms. The predicted molar refractivity (Wildman–Crippen MR) is 109 cm³/mol. The molecule has 4 N–H and O–H groups in total. The summed E-state index contributed by atoms with van der Waals surface area (Å²) in [4.78, 5) is 39.0. The molecule has 8 heteroatoms. The van der Waals surface area contributed by atoms with Crippen LogP contribution in [-0.2, 0) is 9.59 Å². The van der Waals surface area contributed by atoms with Crippen molar-refractivity contribution in [1.29, 1.82) is 0 Å². The number of carbonyl (C=O) groups is 3. The number of H-pyrrole nitrogens is 1. The van der Waals surface area contributed by atoms with Crippen LogP contribution in [0.15, 0.2) is 18.2 Å². The number of rotatable bonds is 5. The second kappa shape index (κ2) is 7.90. The Morgan fingerprint density at radius 3 is 2.61 bits per heavy atom. The molecule has 0 radical (unpaired) electrons. The molecule has 1 aromatic carbocycles. The van der Waals surface area contributed by atoms with Crippen LogP contribution in [0.5, 0.6) is 0 Å². The van der Waals surface area contributed by atoms with Gasteiger partial charge in [0.15, 0.2) is 0 Å². The maximum atomic E-state index is 12.5. The van der Waals surface area contributed by atoms with Gasteiger partial charge in [-0.05, 0) is 43.7 Å². The molecule has 0 bridgehead atoms. The lowest BCUT2D eigenvalue weighted by Crippen LogP contribution is -2.34. The van der Waals surface area contributed by atoms with Crippen LogP contribution >= 0.6 is 11.6 Å². The number of benzene rings is 1. The van der Waals surface area contributed by atoms with E-state index in [1.807, 2.05) is 6.92 Å². The number of hydrogen-bond donors (Lipinski definition) is 4. The number of aromatic amines is 1. The number of aromatic nitrogens is 1. The summed E-state index contributed by atoms with van der Waals surface area (Å²) in [7, 11) is 0. The maximum absolute atomic E-state index is 12.5. The zero-order valence-corrected chi connectivity index (χ0v) is 16.6. The minimum atomic E-state index is -0.236. The summed E-state index contributed by atoms with van der Waals surface area (Å²) in [5.74, 6) is -0.599. The van der Waals surface area contributed by atoms with Crippen molar-refractivity contribution in [2.75, 3.05) is 18.4 Å². The molecule has 0 aliphatic carbocycles. The highest BCUT2D eigenvalue weighted by Gasteiger charge is 2.25. The van der Waals surface area contributed by atoms with Crippen LogP contribution in [0, 0.1) is 13.8 Å². The first-order valence-corrected chi connectivity index (χ1v) is 9.20. The summed E-state index contributed by atoms with van der Waals surface area (Å²) in [5, 5.41) is 8.76. The Balaban J connectivity index is 1.86. The quantitative estimate of drug-likeness (QED) is 0.458. The van der Waals surface area contributed by atoms with E-state index in [2.05, 4.69) is 20.9 Å². The van der Waals surface area contributed by atoms with Gasteiger partial charge in [-0.1, -0.05) is 11.6 Å². The lowest BCUT2D eigenvalue weighted by atomic mass is 10.0. The fraction of sp³-hybridized carbons (Fsp3) is 0.250. The summed E-state index contributed by atoms with van der Waals surface area (Å²) in [6, 6.07) is 5.22. The predicted octanol–water partition coefficient (Wildman–Crippen LogP) is 2.64. The fourth-order valence-electron chi connectivity index (χ4n) is 3.21. The van der Waals surface area contributed by atoms with Gasteiger partial charge < -0.3 is 20.9 Å². The molecule has 7 nitrogen and oxygen atoms in total. The van der Waals surface area contributed by atoms with Gasteiger partial charge in [0.1, 0.15) is 0 Å². The SMILES string of the molecule is CC(=O)NCCNC(=O)c1c(C)[nH]c(/C=C2\C(=O)Nc3ccc(Cl)cc32)c1C. The number of amides is 3. The molecule has 146 valence electrons. The van der Waals surface area contributed by atoms with E-state index in [1.165, 1.54) is 6.92 Å². The van der Waals surface area contributed by atoms with Crippen LogP contribution in [0.4, 0.5) is 5.69 Å². The van der Waals surface area contributed by atoms with Crippen LogP contribution in [0.2, 0.25) is 5.02 Å². The first-order chi connectivity index (χ1) is 13.3. The van der Waals surface area contributed by atoms with Crippen molar-refractivity contribution in [1.82, 2.24) is 15.6 Å². The fourth-order valence-corrected chi connectivity index (χ4v) is 3.38. The third-order valence-electron chi connectivity index (χ3n) is 4.54. The molecule has 3 amide bonds. The van der Waals surface area contributed by atoms with Crippen LogP contribution < -0.4 is 16.0 Å². The van der Waals surface area contributed by atoms with Gasteiger partial charge in [-0.25, -0.2) is 0 Å². The number of hydrogen-bond acceptors (Lipinski definition) is 3. The largest absolute Gasteiger partial charge is 0.358 e. The summed E-state index contributed by atoms with van der Waals surface area (Å²) < 4.78 is 0. The molecule has 1 aromatic heterocycles. The molecule has 0 unspecified atom stereocenters. The first-order valence-electron chi connectivity index (χ1n) is 8.82. The zero-order valence-electron chi connectivity index (χ0n) is 15.8. The number of carbonyl (C=O) groups excluding carboxylic acids is 3. The molecule has 3 rings (SSSR count). The summed E-state index contributed by atoms with van der Waals surface area (Å²) in [5.41, 5.74) is 4.57. The van der Waals surface area contributed by atoms with Gasteiger partial charge in [-0.2, -0.15) is 0 Å². The minimum Gasteiger partial charge on any atom is -0.358 e. The summed E-state index contributed by atoms with van der Waals surface area (Å²) in [6.07, 6.45) is 1.73. The summed E-state index contributed by atoms with van der Waals surface area (Å²) in [6.45, 7) is 5.74. The molecular weight excluding hydrogens is 380 g/mol. The Labute approximate surface area is 167 Å². The third kappa shape index (κ3) is 3.94. The Kier molecular flexibility index (Phi) is 5.56. The molecule has 0 saturated heterocycles. The number of nitrogens with one attached hydrogen (secondary N) is 4. The average molecular weight is 401 g/mol. The average Bonchev–Trinajstić information content (AvgIpc) is 3.08. The maximum Gasteiger partial charge on any atom is 0.256 e. The Morgan fingerprint density at radius 1 is 1.18 bits per heavy atom. The van der Waals surface area contributed by atoms with Crippen molar-refractivity contribution in [2.45, 2.75) is 20.8 Å². The molecule has 2 aromatic rings. The van der Waals surface area contributed by atoms with Crippen LogP contribution in [0.3, 0.4) is 0 Å². The van der Waals surface area contributed by atoms with Gasteiger partial charge in [0.25, 0.3) is 11.8 Å². The van der Waals surface area contributed by atoms with Gasteiger partial charge in [0.05, 0.1) is 11.1 Å². The Morgan fingerprint density at radius 2 is 1.89 bits per heavy atom. The van der Waals surface area contributed by atoms with Gasteiger partial charge in [0.2, 0.25) is 5.91 Å². The molecular formula is C20H21ClN4O3. The molecule has 1 aliphatic heterocycles. The monoisotopic (exact) mass is 400 g/mol. The van der Waals surface area contributed by atoms with E-state index < -0.39 is 0 Å².